The molecule has 0 unspecified atom stereocenters. The summed E-state index contributed by atoms with van der Waals surface area (Å²) in [6.07, 6.45) is 3.13. The Kier molecular flexibility index (Phi) is 6.79. The summed E-state index contributed by atoms with van der Waals surface area (Å²) >= 11 is 0. The number of hydrogen-bond acceptors (Lipinski definition) is 5. The first kappa shape index (κ1) is 20.3. The SMILES string of the molecule is CCN(CC)c1ccc(NC(=O)c2cnc(N(CC)c3ccccc3)nc2)cc1. The van der Waals surface area contributed by atoms with E-state index in [0.29, 0.717) is 11.5 Å². The molecule has 1 N–H and O–H groups in total. The molecule has 0 fully saturated rings. The van der Waals surface area contributed by atoms with E-state index in [9.17, 15) is 4.79 Å². The zero-order valence-electron chi connectivity index (χ0n) is 17.2. The van der Waals surface area contributed by atoms with Crippen molar-refractivity contribution in [2.45, 2.75) is 20.8 Å². The number of amides is 1. The van der Waals surface area contributed by atoms with Crippen molar-refractivity contribution in [3.63, 3.8) is 0 Å². The van der Waals surface area contributed by atoms with Crippen molar-refractivity contribution in [1.29, 1.82) is 0 Å². The van der Waals surface area contributed by atoms with Crippen LogP contribution in [0.5, 0.6) is 0 Å². The molecule has 29 heavy (non-hydrogen) atoms. The highest BCUT2D eigenvalue weighted by atomic mass is 16.1. The van der Waals surface area contributed by atoms with Crippen molar-refractivity contribution in [3.05, 3.63) is 72.6 Å². The van der Waals surface area contributed by atoms with Gasteiger partial charge in [0.2, 0.25) is 5.95 Å². The van der Waals surface area contributed by atoms with Gasteiger partial charge >= 0.3 is 0 Å². The van der Waals surface area contributed by atoms with Gasteiger partial charge < -0.3 is 15.1 Å². The molecule has 2 aromatic carbocycles. The summed E-state index contributed by atoms with van der Waals surface area (Å²) in [6.45, 7) is 8.92. The molecule has 3 rings (SSSR count). The molecule has 0 radical (unpaired) electrons. The van der Waals surface area contributed by atoms with Gasteiger partial charge in [0.05, 0.1) is 5.56 Å². The normalized spacial score (nSPS) is 10.4. The molecule has 0 aliphatic carbocycles. The molecule has 0 atom stereocenters. The largest absolute Gasteiger partial charge is 0.372 e. The van der Waals surface area contributed by atoms with Crippen molar-refractivity contribution in [2.24, 2.45) is 0 Å². The molecule has 0 saturated carbocycles. The first-order valence-electron chi connectivity index (χ1n) is 9.97. The van der Waals surface area contributed by atoms with Gasteiger partial charge in [0, 0.05) is 49.1 Å². The molecule has 0 bridgehead atoms. The number of nitrogens with zero attached hydrogens (tertiary/aromatic N) is 4. The van der Waals surface area contributed by atoms with Crippen LogP contribution in [0, 0.1) is 0 Å². The van der Waals surface area contributed by atoms with Crippen LogP contribution >= 0.6 is 0 Å². The van der Waals surface area contributed by atoms with Crippen LogP contribution in [0.2, 0.25) is 0 Å². The van der Waals surface area contributed by atoms with Crippen LogP contribution in [0.4, 0.5) is 23.0 Å². The summed E-state index contributed by atoms with van der Waals surface area (Å²) in [7, 11) is 0. The predicted octanol–water partition coefficient (Wildman–Crippen LogP) is 4.73. The number of rotatable bonds is 8. The van der Waals surface area contributed by atoms with Crippen LogP contribution in [-0.4, -0.2) is 35.5 Å². The minimum atomic E-state index is -0.227. The van der Waals surface area contributed by atoms with Gasteiger partial charge in [-0.05, 0) is 57.2 Å². The molecule has 0 aliphatic heterocycles. The van der Waals surface area contributed by atoms with Crippen molar-refractivity contribution >= 4 is 28.9 Å². The summed E-state index contributed by atoms with van der Waals surface area (Å²) in [5.74, 6) is 0.341. The average Bonchev–Trinajstić information content (AvgIpc) is 2.77. The van der Waals surface area contributed by atoms with E-state index in [2.05, 4.69) is 34.0 Å². The summed E-state index contributed by atoms with van der Waals surface area (Å²) in [5.41, 5.74) is 3.32. The van der Waals surface area contributed by atoms with Gasteiger partial charge in [0.1, 0.15) is 0 Å². The maximum atomic E-state index is 12.6. The van der Waals surface area contributed by atoms with Gasteiger partial charge in [0.25, 0.3) is 5.91 Å². The Bertz CT molecular complexity index is 906. The molecule has 0 aliphatic rings. The van der Waals surface area contributed by atoms with Crippen LogP contribution in [0.15, 0.2) is 67.0 Å². The molecule has 0 saturated heterocycles. The molecule has 1 aromatic heterocycles. The van der Waals surface area contributed by atoms with Crippen LogP contribution in [0.3, 0.4) is 0 Å². The number of hydrogen-bond donors (Lipinski definition) is 1. The molecule has 1 heterocycles. The van der Waals surface area contributed by atoms with Crippen molar-refractivity contribution in [2.75, 3.05) is 34.8 Å². The third-order valence-electron chi connectivity index (χ3n) is 4.78. The Morgan fingerprint density at radius 2 is 1.45 bits per heavy atom. The van der Waals surface area contributed by atoms with Gasteiger partial charge in [-0.25, -0.2) is 9.97 Å². The lowest BCUT2D eigenvalue weighted by atomic mass is 10.2. The van der Waals surface area contributed by atoms with Gasteiger partial charge in [-0.15, -0.1) is 0 Å². The number of carbonyl (C=O) groups is 1. The highest BCUT2D eigenvalue weighted by molar-refractivity contribution is 6.04. The number of carbonyl (C=O) groups excluding carboxylic acids is 1. The van der Waals surface area contributed by atoms with Gasteiger partial charge in [0.15, 0.2) is 0 Å². The van der Waals surface area contributed by atoms with E-state index in [4.69, 9.17) is 0 Å². The quantitative estimate of drug-likeness (QED) is 0.603. The molecular weight excluding hydrogens is 362 g/mol. The van der Waals surface area contributed by atoms with E-state index < -0.39 is 0 Å². The second-order valence-electron chi connectivity index (χ2n) is 6.52. The van der Waals surface area contributed by atoms with Crippen LogP contribution in [0.25, 0.3) is 0 Å². The minimum absolute atomic E-state index is 0.227. The van der Waals surface area contributed by atoms with E-state index in [0.717, 1.165) is 36.7 Å². The summed E-state index contributed by atoms with van der Waals surface area (Å²) < 4.78 is 0. The molecular formula is C23H27N5O. The van der Waals surface area contributed by atoms with Crippen molar-refractivity contribution in [3.8, 4) is 0 Å². The number of para-hydroxylation sites is 1. The molecule has 6 heteroatoms. The Balaban J connectivity index is 1.69. The van der Waals surface area contributed by atoms with Crippen molar-refractivity contribution in [1.82, 2.24) is 9.97 Å². The number of aromatic nitrogens is 2. The standard InChI is InChI=1S/C23H27N5O/c1-4-27(5-2)20-14-12-19(13-15-20)26-22(29)18-16-24-23(25-17-18)28(6-3)21-10-8-7-9-11-21/h7-17H,4-6H2,1-3H3,(H,26,29). The summed E-state index contributed by atoms with van der Waals surface area (Å²) in [4.78, 5) is 25.6. The second-order valence-corrected chi connectivity index (χ2v) is 6.52. The predicted molar refractivity (Wildman–Crippen MR) is 119 cm³/mol. The third kappa shape index (κ3) is 4.90. The van der Waals surface area contributed by atoms with Gasteiger partial charge in [-0.2, -0.15) is 0 Å². The Morgan fingerprint density at radius 3 is 2.00 bits per heavy atom. The van der Waals surface area contributed by atoms with Crippen LogP contribution in [-0.2, 0) is 0 Å². The average molecular weight is 390 g/mol. The fourth-order valence-corrected chi connectivity index (χ4v) is 3.17. The lowest BCUT2D eigenvalue weighted by molar-refractivity contribution is 0.102. The molecule has 0 spiro atoms. The monoisotopic (exact) mass is 389 g/mol. The molecule has 3 aromatic rings. The molecule has 6 nitrogen and oxygen atoms in total. The topological polar surface area (TPSA) is 61.4 Å². The summed E-state index contributed by atoms with van der Waals surface area (Å²) in [5, 5.41) is 2.90. The van der Waals surface area contributed by atoms with E-state index in [-0.39, 0.29) is 5.91 Å². The van der Waals surface area contributed by atoms with E-state index >= 15 is 0 Å². The maximum absolute atomic E-state index is 12.6. The first-order valence-corrected chi connectivity index (χ1v) is 9.97. The van der Waals surface area contributed by atoms with Crippen molar-refractivity contribution < 1.29 is 4.79 Å². The lowest BCUT2D eigenvalue weighted by Crippen LogP contribution is -2.21. The molecule has 1 amide bonds. The smallest absolute Gasteiger partial charge is 0.258 e. The fraction of sp³-hybridized carbons (Fsp3) is 0.261. The van der Waals surface area contributed by atoms with E-state index in [1.165, 1.54) is 0 Å². The highest BCUT2D eigenvalue weighted by Gasteiger charge is 2.12. The zero-order chi connectivity index (χ0) is 20.6. The minimum Gasteiger partial charge on any atom is -0.372 e. The van der Waals surface area contributed by atoms with Gasteiger partial charge in [-0.3, -0.25) is 4.79 Å². The van der Waals surface area contributed by atoms with Gasteiger partial charge in [-0.1, -0.05) is 18.2 Å². The number of anilines is 4. The Hall–Kier alpha value is -3.41. The first-order chi connectivity index (χ1) is 14.2. The van der Waals surface area contributed by atoms with E-state index in [1.54, 1.807) is 12.4 Å². The zero-order valence-corrected chi connectivity index (χ0v) is 17.2. The second kappa shape index (κ2) is 9.68. The fourth-order valence-electron chi connectivity index (χ4n) is 3.17. The molecule has 150 valence electrons. The summed E-state index contributed by atoms with van der Waals surface area (Å²) in [6, 6.07) is 17.8. The third-order valence-corrected chi connectivity index (χ3v) is 4.78. The van der Waals surface area contributed by atoms with Crippen LogP contribution < -0.4 is 15.1 Å². The maximum Gasteiger partial charge on any atom is 0.258 e. The van der Waals surface area contributed by atoms with E-state index in [1.807, 2.05) is 66.4 Å². The number of nitrogens with one attached hydrogen (secondary N) is 1. The highest BCUT2D eigenvalue weighted by Crippen LogP contribution is 2.21. The Morgan fingerprint density at radius 1 is 0.828 bits per heavy atom. The lowest BCUT2D eigenvalue weighted by Gasteiger charge is -2.21. The number of benzene rings is 2. The van der Waals surface area contributed by atoms with Crippen LogP contribution in [0.1, 0.15) is 31.1 Å². The Labute approximate surface area is 172 Å².